The number of nitrogens with zero attached hydrogens (tertiary/aromatic N) is 4. The van der Waals surface area contributed by atoms with Crippen molar-refractivity contribution in [2.45, 2.75) is 26.7 Å². The minimum atomic E-state index is 0.499. The maximum absolute atomic E-state index is 5.99. The van der Waals surface area contributed by atoms with Crippen molar-refractivity contribution >= 4 is 5.69 Å². The highest BCUT2D eigenvalue weighted by Gasteiger charge is 2.12. The van der Waals surface area contributed by atoms with Gasteiger partial charge >= 0.3 is 0 Å². The third-order valence-corrected chi connectivity index (χ3v) is 3.81. The smallest absolute Gasteiger partial charge is 0.187 e. The summed E-state index contributed by atoms with van der Waals surface area (Å²) >= 11 is 0. The van der Waals surface area contributed by atoms with Crippen LogP contribution in [0.3, 0.4) is 0 Å². The second kappa shape index (κ2) is 5.60. The van der Waals surface area contributed by atoms with Gasteiger partial charge in [-0.25, -0.2) is 0 Å². The highest BCUT2D eigenvalue weighted by Crippen LogP contribution is 2.24. The summed E-state index contributed by atoms with van der Waals surface area (Å²) in [6, 6.07) is 14.1. The molecule has 0 aliphatic carbocycles. The number of rotatable bonds is 3. The molecule has 0 saturated heterocycles. The summed E-state index contributed by atoms with van der Waals surface area (Å²) in [5.74, 6) is 1.18. The molecule has 3 rings (SSSR count). The van der Waals surface area contributed by atoms with E-state index in [0.29, 0.717) is 11.7 Å². The number of aromatic nitrogens is 4. The molecule has 112 valence electrons. The van der Waals surface area contributed by atoms with Crippen LogP contribution in [-0.2, 0) is 0 Å². The average Bonchev–Trinajstić information content (AvgIpc) is 2.99. The molecule has 5 heteroatoms. The highest BCUT2D eigenvalue weighted by molar-refractivity contribution is 5.64. The van der Waals surface area contributed by atoms with Crippen LogP contribution in [-0.4, -0.2) is 20.2 Å². The fourth-order valence-corrected chi connectivity index (χ4v) is 2.32. The molecule has 0 fully saturated rings. The Hall–Kier alpha value is -2.69. The van der Waals surface area contributed by atoms with E-state index < -0.39 is 0 Å². The monoisotopic (exact) mass is 293 g/mol. The molecule has 2 N–H and O–H groups in total. The third kappa shape index (κ3) is 2.57. The summed E-state index contributed by atoms with van der Waals surface area (Å²) in [4.78, 5) is 0. The molecule has 0 unspecified atom stereocenters. The van der Waals surface area contributed by atoms with Gasteiger partial charge in [-0.1, -0.05) is 38.1 Å². The number of benzene rings is 2. The van der Waals surface area contributed by atoms with Crippen LogP contribution in [0, 0.1) is 6.92 Å². The lowest BCUT2D eigenvalue weighted by atomic mass is 10.0. The van der Waals surface area contributed by atoms with Gasteiger partial charge in [0, 0.05) is 11.3 Å². The number of aryl methyl sites for hydroxylation is 1. The number of tetrazole rings is 1. The van der Waals surface area contributed by atoms with Crippen molar-refractivity contribution in [1.29, 1.82) is 0 Å². The van der Waals surface area contributed by atoms with Crippen LogP contribution in [0.1, 0.15) is 30.9 Å². The molecule has 0 aliphatic heterocycles. The zero-order chi connectivity index (χ0) is 15.7. The molecule has 3 aromatic rings. The van der Waals surface area contributed by atoms with E-state index in [1.54, 1.807) is 4.68 Å². The van der Waals surface area contributed by atoms with Crippen molar-refractivity contribution in [1.82, 2.24) is 20.2 Å². The Labute approximate surface area is 129 Å². The van der Waals surface area contributed by atoms with Crippen LogP contribution in [0.5, 0.6) is 0 Å². The van der Waals surface area contributed by atoms with E-state index >= 15 is 0 Å². The van der Waals surface area contributed by atoms with E-state index in [1.807, 2.05) is 37.3 Å². The van der Waals surface area contributed by atoms with E-state index in [9.17, 15) is 0 Å². The first-order valence-corrected chi connectivity index (χ1v) is 7.31. The molecule has 22 heavy (non-hydrogen) atoms. The number of hydrogen-bond donors (Lipinski definition) is 1. The van der Waals surface area contributed by atoms with Gasteiger partial charge in [0.05, 0.1) is 5.69 Å². The number of nitrogen functional groups attached to an aromatic ring is 1. The van der Waals surface area contributed by atoms with Gasteiger partial charge in [0.15, 0.2) is 5.82 Å². The fraction of sp³-hybridized carbons (Fsp3) is 0.235. The molecule has 0 bridgehead atoms. The number of hydrogen-bond acceptors (Lipinski definition) is 4. The Morgan fingerprint density at radius 3 is 2.41 bits per heavy atom. The quantitative estimate of drug-likeness (QED) is 0.752. The fourth-order valence-electron chi connectivity index (χ4n) is 2.32. The standard InChI is InChI=1S/C17H19N5/c1-11(2)13-6-8-15(9-7-13)22-17(19-20-21-22)14-5-4-12(3)16(18)10-14/h4-11H,18H2,1-3H3. The average molecular weight is 293 g/mol. The van der Waals surface area contributed by atoms with Gasteiger partial charge in [0.2, 0.25) is 0 Å². The summed E-state index contributed by atoms with van der Waals surface area (Å²) in [7, 11) is 0. The van der Waals surface area contributed by atoms with E-state index in [1.165, 1.54) is 5.56 Å². The molecule has 1 heterocycles. The van der Waals surface area contributed by atoms with E-state index in [4.69, 9.17) is 5.73 Å². The van der Waals surface area contributed by atoms with Crippen molar-refractivity contribution in [3.8, 4) is 17.1 Å². The predicted octanol–water partition coefficient (Wildman–Crippen LogP) is 3.34. The van der Waals surface area contributed by atoms with Crippen LogP contribution in [0.15, 0.2) is 42.5 Å². The molecular weight excluding hydrogens is 274 g/mol. The van der Waals surface area contributed by atoms with Crippen molar-refractivity contribution in [3.63, 3.8) is 0 Å². The van der Waals surface area contributed by atoms with Gasteiger partial charge in [0.1, 0.15) is 0 Å². The SMILES string of the molecule is Cc1ccc(-c2nnnn2-c2ccc(C(C)C)cc2)cc1N. The number of anilines is 1. The van der Waals surface area contributed by atoms with Gasteiger partial charge in [-0.3, -0.25) is 0 Å². The topological polar surface area (TPSA) is 69.6 Å². The summed E-state index contributed by atoms with van der Waals surface area (Å²) < 4.78 is 1.73. The lowest BCUT2D eigenvalue weighted by Crippen LogP contribution is -2.01. The van der Waals surface area contributed by atoms with Gasteiger partial charge in [-0.15, -0.1) is 5.10 Å². The first-order valence-electron chi connectivity index (χ1n) is 7.31. The molecule has 5 nitrogen and oxygen atoms in total. The Balaban J connectivity index is 2.03. The van der Waals surface area contributed by atoms with Crippen molar-refractivity contribution < 1.29 is 0 Å². The third-order valence-electron chi connectivity index (χ3n) is 3.81. The van der Waals surface area contributed by atoms with Gasteiger partial charge in [0.25, 0.3) is 0 Å². The maximum atomic E-state index is 5.99. The van der Waals surface area contributed by atoms with Crippen LogP contribution in [0.4, 0.5) is 5.69 Å². The number of nitrogens with two attached hydrogens (primary N) is 1. The Morgan fingerprint density at radius 1 is 1.05 bits per heavy atom. The van der Waals surface area contributed by atoms with Gasteiger partial charge < -0.3 is 5.73 Å². The summed E-state index contributed by atoms with van der Waals surface area (Å²) in [6.07, 6.45) is 0. The molecular formula is C17H19N5. The van der Waals surface area contributed by atoms with E-state index in [2.05, 4.69) is 41.5 Å². The second-order valence-corrected chi connectivity index (χ2v) is 5.73. The Bertz CT molecular complexity index is 787. The first-order chi connectivity index (χ1) is 10.6. The lowest BCUT2D eigenvalue weighted by molar-refractivity contribution is 0.789. The van der Waals surface area contributed by atoms with E-state index in [-0.39, 0.29) is 0 Å². The van der Waals surface area contributed by atoms with Crippen molar-refractivity contribution in [2.24, 2.45) is 0 Å². The zero-order valence-corrected chi connectivity index (χ0v) is 13.0. The molecule has 1 aromatic heterocycles. The molecule has 0 atom stereocenters. The van der Waals surface area contributed by atoms with Gasteiger partial charge in [-0.2, -0.15) is 4.68 Å². The summed E-state index contributed by atoms with van der Waals surface area (Å²) in [6.45, 7) is 6.33. The summed E-state index contributed by atoms with van der Waals surface area (Å²) in [5.41, 5.74) is 10.9. The van der Waals surface area contributed by atoms with E-state index in [0.717, 1.165) is 22.5 Å². The van der Waals surface area contributed by atoms with Crippen LogP contribution < -0.4 is 5.73 Å². The Kier molecular flexibility index (Phi) is 3.63. The molecule has 0 radical (unpaired) electrons. The minimum Gasteiger partial charge on any atom is -0.398 e. The van der Waals surface area contributed by atoms with Crippen LogP contribution in [0.2, 0.25) is 0 Å². The van der Waals surface area contributed by atoms with Crippen molar-refractivity contribution in [2.75, 3.05) is 5.73 Å². The molecule has 0 spiro atoms. The molecule has 0 amide bonds. The van der Waals surface area contributed by atoms with Gasteiger partial charge in [-0.05, 0) is 52.6 Å². The molecule has 2 aromatic carbocycles. The minimum absolute atomic E-state index is 0.499. The maximum Gasteiger partial charge on any atom is 0.187 e. The Morgan fingerprint density at radius 2 is 1.77 bits per heavy atom. The predicted molar refractivity (Wildman–Crippen MR) is 87.8 cm³/mol. The first kappa shape index (κ1) is 14.3. The van der Waals surface area contributed by atoms with Crippen molar-refractivity contribution in [3.05, 3.63) is 53.6 Å². The highest BCUT2D eigenvalue weighted by atomic mass is 15.5. The molecule has 0 aliphatic rings. The van der Waals surface area contributed by atoms with Crippen LogP contribution in [0.25, 0.3) is 17.1 Å². The normalized spacial score (nSPS) is 11.1. The second-order valence-electron chi connectivity index (χ2n) is 5.73. The molecule has 0 saturated carbocycles. The van der Waals surface area contributed by atoms with Crippen LogP contribution >= 0.6 is 0 Å². The largest absolute Gasteiger partial charge is 0.398 e. The summed E-state index contributed by atoms with van der Waals surface area (Å²) in [5, 5.41) is 12.0. The zero-order valence-electron chi connectivity index (χ0n) is 13.0. The lowest BCUT2D eigenvalue weighted by Gasteiger charge is -2.09.